The van der Waals surface area contributed by atoms with Crippen LogP contribution in [0.4, 0.5) is 11.6 Å². The van der Waals surface area contributed by atoms with Crippen molar-refractivity contribution in [2.24, 2.45) is 5.92 Å². The maximum Gasteiger partial charge on any atom is 0.189 e. The average molecular weight is 488 g/mol. The van der Waals surface area contributed by atoms with Crippen molar-refractivity contribution in [2.75, 3.05) is 19.5 Å². The fourth-order valence-corrected chi connectivity index (χ4v) is 4.57. The molecule has 5 rings (SSSR count). The van der Waals surface area contributed by atoms with Gasteiger partial charge in [-0.25, -0.2) is 19.3 Å². The molecule has 36 heavy (non-hydrogen) atoms. The van der Waals surface area contributed by atoms with Gasteiger partial charge in [-0.1, -0.05) is 29.8 Å². The van der Waals surface area contributed by atoms with Crippen LogP contribution in [-0.4, -0.2) is 43.7 Å². The zero-order chi connectivity index (χ0) is 25.4. The van der Waals surface area contributed by atoms with Crippen molar-refractivity contribution in [3.05, 3.63) is 59.2 Å². The Bertz CT molecular complexity index is 1370. The van der Waals surface area contributed by atoms with Crippen LogP contribution < -0.4 is 10.1 Å². The molecule has 3 heterocycles. The number of aromatic nitrogens is 6. The van der Waals surface area contributed by atoms with Crippen LogP contribution in [0.1, 0.15) is 48.4 Å². The number of benzene rings is 1. The highest BCUT2D eigenvalue weighted by molar-refractivity contribution is 5.76. The molecule has 1 N–H and O–H groups in total. The van der Waals surface area contributed by atoms with Gasteiger partial charge in [-0.15, -0.1) is 0 Å². The molecule has 0 radical (unpaired) electrons. The minimum absolute atomic E-state index is 0.0561. The quantitative estimate of drug-likeness (QED) is 0.342. The summed E-state index contributed by atoms with van der Waals surface area (Å²) in [6, 6.07) is 10.2. The van der Waals surface area contributed by atoms with Gasteiger partial charge in [-0.2, -0.15) is 10.2 Å². The lowest BCUT2D eigenvalue weighted by Gasteiger charge is -2.12. The molecule has 4 aromatic rings. The Labute approximate surface area is 211 Å². The number of nitrogens with zero attached hydrogens (tertiary/aromatic N) is 6. The first-order chi connectivity index (χ1) is 17.4. The van der Waals surface area contributed by atoms with E-state index in [-0.39, 0.29) is 6.10 Å². The summed E-state index contributed by atoms with van der Waals surface area (Å²) in [5.74, 6) is 3.43. The van der Waals surface area contributed by atoms with E-state index in [2.05, 4.69) is 46.5 Å². The molecule has 1 saturated carbocycles. The molecule has 1 atom stereocenters. The molecule has 0 spiro atoms. The highest BCUT2D eigenvalue weighted by atomic mass is 16.5. The van der Waals surface area contributed by atoms with Crippen molar-refractivity contribution in [3.63, 3.8) is 0 Å². The molecule has 3 aromatic heterocycles. The van der Waals surface area contributed by atoms with Gasteiger partial charge in [0.2, 0.25) is 0 Å². The van der Waals surface area contributed by atoms with Gasteiger partial charge in [0.15, 0.2) is 17.4 Å². The Hall–Kier alpha value is -3.72. The Morgan fingerprint density at radius 2 is 1.81 bits per heavy atom. The lowest BCUT2D eigenvalue weighted by atomic mass is 10.1. The molecule has 1 aliphatic rings. The third-order valence-corrected chi connectivity index (χ3v) is 6.79. The van der Waals surface area contributed by atoms with Gasteiger partial charge in [0, 0.05) is 36.5 Å². The van der Waals surface area contributed by atoms with E-state index in [1.165, 1.54) is 18.4 Å². The summed E-state index contributed by atoms with van der Waals surface area (Å²) in [7, 11) is 3.39. The molecule has 9 nitrogen and oxygen atoms in total. The van der Waals surface area contributed by atoms with Crippen molar-refractivity contribution in [2.45, 2.75) is 53.2 Å². The normalized spacial score (nSPS) is 14.2. The van der Waals surface area contributed by atoms with Crippen LogP contribution in [0, 0.1) is 26.7 Å². The maximum absolute atomic E-state index is 5.89. The number of aryl methyl sites for hydroxylation is 2. The number of rotatable bonds is 9. The summed E-state index contributed by atoms with van der Waals surface area (Å²) in [5.41, 5.74) is 6.01. The van der Waals surface area contributed by atoms with Crippen LogP contribution in [0.3, 0.4) is 0 Å². The lowest BCUT2D eigenvalue weighted by Crippen LogP contribution is -2.09. The molecule has 0 amide bonds. The average Bonchev–Trinajstić information content (AvgIpc) is 3.56. The molecule has 1 aromatic carbocycles. The van der Waals surface area contributed by atoms with E-state index in [1.54, 1.807) is 20.5 Å². The first kappa shape index (κ1) is 24.0. The number of nitrogens with one attached hydrogen (secondary N) is 1. The Morgan fingerprint density at radius 1 is 1.06 bits per heavy atom. The molecule has 1 unspecified atom stereocenters. The van der Waals surface area contributed by atoms with Gasteiger partial charge in [-0.05, 0) is 46.5 Å². The van der Waals surface area contributed by atoms with E-state index >= 15 is 0 Å². The van der Waals surface area contributed by atoms with Gasteiger partial charge in [0.25, 0.3) is 0 Å². The molecular weight excluding hydrogens is 454 g/mol. The van der Waals surface area contributed by atoms with E-state index in [9.17, 15) is 0 Å². The number of anilines is 2. The fourth-order valence-electron chi connectivity index (χ4n) is 4.57. The highest BCUT2D eigenvalue weighted by Crippen LogP contribution is 2.40. The van der Waals surface area contributed by atoms with Crippen LogP contribution in [-0.2, 0) is 11.3 Å². The van der Waals surface area contributed by atoms with Crippen molar-refractivity contribution in [1.29, 1.82) is 0 Å². The molecule has 9 heteroatoms. The minimum Gasteiger partial charge on any atom is -0.491 e. The maximum atomic E-state index is 5.89. The van der Waals surface area contributed by atoms with Gasteiger partial charge < -0.3 is 14.8 Å². The fraction of sp³-hybridized carbons (Fsp3) is 0.407. The van der Waals surface area contributed by atoms with Crippen LogP contribution in [0.25, 0.3) is 17.1 Å². The van der Waals surface area contributed by atoms with E-state index in [0.717, 1.165) is 40.6 Å². The van der Waals surface area contributed by atoms with Crippen LogP contribution >= 0.6 is 0 Å². The Kier molecular flexibility index (Phi) is 6.49. The SMILES string of the molecule is COc1c(-c2ccc(C)cc2)nn(CC2CC2)c1Nc1cc(-n2nc(C)c(C(C)OC)c2C)ncn1. The molecule has 1 aliphatic carbocycles. The zero-order valence-electron chi connectivity index (χ0n) is 21.7. The van der Waals surface area contributed by atoms with Crippen LogP contribution in [0.2, 0.25) is 0 Å². The third-order valence-electron chi connectivity index (χ3n) is 6.79. The zero-order valence-corrected chi connectivity index (χ0v) is 21.7. The molecule has 1 fully saturated rings. The van der Waals surface area contributed by atoms with Crippen molar-refractivity contribution in [3.8, 4) is 22.8 Å². The predicted octanol–water partition coefficient (Wildman–Crippen LogP) is 5.32. The van der Waals surface area contributed by atoms with E-state index in [0.29, 0.717) is 23.3 Å². The van der Waals surface area contributed by atoms with Crippen LogP contribution in [0.15, 0.2) is 36.7 Å². The summed E-state index contributed by atoms with van der Waals surface area (Å²) in [6.07, 6.45) is 3.93. The Balaban J connectivity index is 1.53. The lowest BCUT2D eigenvalue weighted by molar-refractivity contribution is 0.118. The van der Waals surface area contributed by atoms with Gasteiger partial charge in [0.1, 0.15) is 17.8 Å². The number of hydrogen-bond donors (Lipinski definition) is 1. The predicted molar refractivity (Wildman–Crippen MR) is 139 cm³/mol. The monoisotopic (exact) mass is 487 g/mol. The Morgan fingerprint density at radius 3 is 2.47 bits per heavy atom. The first-order valence-corrected chi connectivity index (χ1v) is 12.3. The number of hydrogen-bond acceptors (Lipinski definition) is 7. The summed E-state index contributed by atoms with van der Waals surface area (Å²) >= 11 is 0. The topological polar surface area (TPSA) is 91.9 Å². The smallest absolute Gasteiger partial charge is 0.189 e. The summed E-state index contributed by atoms with van der Waals surface area (Å²) < 4.78 is 15.3. The second-order valence-corrected chi connectivity index (χ2v) is 9.48. The van der Waals surface area contributed by atoms with Crippen molar-refractivity contribution >= 4 is 11.6 Å². The summed E-state index contributed by atoms with van der Waals surface area (Å²) in [6.45, 7) is 8.95. The van der Waals surface area contributed by atoms with E-state index < -0.39 is 0 Å². The second kappa shape index (κ2) is 9.73. The van der Waals surface area contributed by atoms with Gasteiger partial charge >= 0.3 is 0 Å². The summed E-state index contributed by atoms with van der Waals surface area (Å²) in [5, 5.41) is 13.1. The molecule has 188 valence electrons. The summed E-state index contributed by atoms with van der Waals surface area (Å²) in [4.78, 5) is 8.98. The third kappa shape index (κ3) is 4.58. The second-order valence-electron chi connectivity index (χ2n) is 9.48. The van der Waals surface area contributed by atoms with Crippen LogP contribution in [0.5, 0.6) is 5.75 Å². The van der Waals surface area contributed by atoms with E-state index in [1.807, 2.05) is 36.2 Å². The largest absolute Gasteiger partial charge is 0.491 e. The molecule has 0 aliphatic heterocycles. The van der Waals surface area contributed by atoms with Gasteiger partial charge in [-0.3, -0.25) is 0 Å². The molecular formula is C27H33N7O2. The van der Waals surface area contributed by atoms with Crippen molar-refractivity contribution < 1.29 is 9.47 Å². The van der Waals surface area contributed by atoms with E-state index in [4.69, 9.17) is 19.7 Å². The first-order valence-electron chi connectivity index (χ1n) is 12.3. The van der Waals surface area contributed by atoms with Gasteiger partial charge in [0.05, 0.1) is 18.9 Å². The molecule has 0 saturated heterocycles. The highest BCUT2D eigenvalue weighted by Gasteiger charge is 2.27. The number of methoxy groups -OCH3 is 2. The number of ether oxygens (including phenoxy) is 2. The standard InChI is InChI=1S/C27H33N7O2/c1-16-7-11-21(12-8-16)25-26(36-6)27(33(32-25)14-20-9-10-20)30-22-13-23(29-15-28-22)34-18(3)24(17(2)31-34)19(4)35-5/h7-8,11-13,15,19-20H,9-10,14H2,1-6H3,(H,28,29,30). The van der Waals surface area contributed by atoms with Crippen molar-refractivity contribution in [1.82, 2.24) is 29.5 Å². The minimum atomic E-state index is -0.0561. The molecule has 0 bridgehead atoms.